The van der Waals surface area contributed by atoms with Gasteiger partial charge in [-0.25, -0.2) is 0 Å². The van der Waals surface area contributed by atoms with E-state index in [0.29, 0.717) is 6.61 Å². The van der Waals surface area contributed by atoms with Crippen LogP contribution in [0.15, 0.2) is 24.3 Å². The van der Waals surface area contributed by atoms with Gasteiger partial charge in [0, 0.05) is 0 Å². The lowest BCUT2D eigenvalue weighted by Crippen LogP contribution is -2.37. The summed E-state index contributed by atoms with van der Waals surface area (Å²) in [5, 5.41) is 9.44. The van der Waals surface area contributed by atoms with Crippen molar-refractivity contribution in [2.24, 2.45) is 5.92 Å². The van der Waals surface area contributed by atoms with Gasteiger partial charge in [0.25, 0.3) is 0 Å². The molecule has 0 saturated heterocycles. The second-order valence-electron chi connectivity index (χ2n) is 5.04. The molecule has 0 saturated carbocycles. The predicted molar refractivity (Wildman–Crippen MR) is 72.1 cm³/mol. The number of carbonyl (C=O) groups is 1. The first kappa shape index (κ1) is 14.6. The zero-order valence-corrected chi connectivity index (χ0v) is 11.6. The van der Waals surface area contributed by atoms with Gasteiger partial charge in [0.05, 0.1) is 12.0 Å². The van der Waals surface area contributed by atoms with Crippen LogP contribution in [-0.4, -0.2) is 17.7 Å². The molecule has 1 aromatic carbocycles. The van der Waals surface area contributed by atoms with Gasteiger partial charge in [0.15, 0.2) is 0 Å². The van der Waals surface area contributed by atoms with Crippen LogP contribution in [0.3, 0.4) is 0 Å². The number of benzene rings is 1. The van der Waals surface area contributed by atoms with E-state index >= 15 is 0 Å². The van der Waals surface area contributed by atoms with Crippen LogP contribution < -0.4 is 4.74 Å². The van der Waals surface area contributed by atoms with Crippen molar-refractivity contribution >= 4 is 5.97 Å². The van der Waals surface area contributed by atoms with Crippen molar-refractivity contribution in [3.05, 3.63) is 29.8 Å². The summed E-state index contributed by atoms with van der Waals surface area (Å²) < 4.78 is 5.50. The monoisotopic (exact) mass is 250 g/mol. The Kier molecular flexibility index (Phi) is 4.76. The minimum absolute atomic E-state index is 0.0254. The molecule has 0 heterocycles. The van der Waals surface area contributed by atoms with Crippen LogP contribution in [0.1, 0.15) is 39.7 Å². The molecule has 0 bridgehead atoms. The maximum Gasteiger partial charge on any atom is 0.314 e. The number of hydrogen-bond acceptors (Lipinski definition) is 2. The van der Waals surface area contributed by atoms with E-state index in [9.17, 15) is 9.90 Å². The highest BCUT2D eigenvalue weighted by Crippen LogP contribution is 2.33. The average molecular weight is 250 g/mol. The van der Waals surface area contributed by atoms with Crippen LogP contribution in [-0.2, 0) is 10.2 Å². The molecule has 0 aromatic heterocycles. The molecule has 1 rings (SSSR count). The number of ether oxygens (including phenoxy) is 1. The van der Waals surface area contributed by atoms with Crippen molar-refractivity contribution < 1.29 is 14.6 Å². The van der Waals surface area contributed by atoms with E-state index < -0.39 is 11.4 Å². The third kappa shape index (κ3) is 2.84. The second-order valence-corrected chi connectivity index (χ2v) is 5.04. The Hall–Kier alpha value is -1.51. The molecule has 0 radical (unpaired) electrons. The Morgan fingerprint density at radius 2 is 1.89 bits per heavy atom. The number of carboxylic acid groups (broad SMARTS) is 1. The fourth-order valence-corrected chi connectivity index (χ4v) is 1.82. The lowest BCUT2D eigenvalue weighted by molar-refractivity contribution is -0.145. The number of aliphatic carboxylic acids is 1. The lowest BCUT2D eigenvalue weighted by atomic mass is 9.73. The molecule has 3 nitrogen and oxygen atoms in total. The zero-order valence-electron chi connectivity index (χ0n) is 11.6. The quantitative estimate of drug-likeness (QED) is 0.840. The number of hydrogen-bond donors (Lipinski definition) is 1. The molecule has 0 aliphatic rings. The van der Waals surface area contributed by atoms with Crippen LogP contribution >= 0.6 is 0 Å². The summed E-state index contributed by atoms with van der Waals surface area (Å²) in [6.07, 6.45) is 0.959. The summed E-state index contributed by atoms with van der Waals surface area (Å²) in [5.74, 6) is 0.0224. The standard InChI is InChI=1S/C15H22O3/c1-5-10-18-13-8-6-12(7-9-13)15(4,11(2)3)14(16)17/h6-9,11H,5,10H2,1-4H3,(H,16,17). The van der Waals surface area contributed by atoms with Crippen LogP contribution in [0.2, 0.25) is 0 Å². The van der Waals surface area contributed by atoms with E-state index in [-0.39, 0.29) is 5.92 Å². The molecule has 0 aliphatic heterocycles. The summed E-state index contributed by atoms with van der Waals surface area (Å²) in [4.78, 5) is 11.5. The van der Waals surface area contributed by atoms with E-state index in [1.165, 1.54) is 0 Å². The van der Waals surface area contributed by atoms with Gasteiger partial charge < -0.3 is 9.84 Å². The number of carboxylic acids is 1. The highest BCUT2D eigenvalue weighted by atomic mass is 16.5. The SMILES string of the molecule is CCCOc1ccc(C(C)(C(=O)O)C(C)C)cc1. The third-order valence-corrected chi connectivity index (χ3v) is 3.53. The Labute approximate surface area is 109 Å². The molecule has 0 aliphatic carbocycles. The fraction of sp³-hybridized carbons (Fsp3) is 0.533. The van der Waals surface area contributed by atoms with Crippen LogP contribution in [0.4, 0.5) is 0 Å². The normalized spacial score (nSPS) is 14.3. The van der Waals surface area contributed by atoms with E-state index in [1.54, 1.807) is 6.92 Å². The molecule has 1 N–H and O–H groups in total. The smallest absolute Gasteiger partial charge is 0.314 e. The topological polar surface area (TPSA) is 46.5 Å². The Balaban J connectivity index is 2.98. The largest absolute Gasteiger partial charge is 0.494 e. The minimum Gasteiger partial charge on any atom is -0.494 e. The maximum absolute atomic E-state index is 11.5. The molecule has 100 valence electrons. The second kappa shape index (κ2) is 5.89. The van der Waals surface area contributed by atoms with Crippen molar-refractivity contribution in [3.63, 3.8) is 0 Å². The van der Waals surface area contributed by atoms with Gasteiger partial charge in [-0.05, 0) is 37.0 Å². The maximum atomic E-state index is 11.5. The highest BCUT2D eigenvalue weighted by molar-refractivity contribution is 5.81. The van der Waals surface area contributed by atoms with Crippen LogP contribution in [0, 0.1) is 5.92 Å². The van der Waals surface area contributed by atoms with Crippen molar-refractivity contribution in [3.8, 4) is 5.75 Å². The summed E-state index contributed by atoms with van der Waals surface area (Å²) in [7, 11) is 0. The first-order valence-corrected chi connectivity index (χ1v) is 6.39. The van der Waals surface area contributed by atoms with Crippen molar-refractivity contribution in [1.29, 1.82) is 0 Å². The Morgan fingerprint density at radius 3 is 2.28 bits per heavy atom. The van der Waals surface area contributed by atoms with Gasteiger partial charge in [-0.2, -0.15) is 0 Å². The Morgan fingerprint density at radius 1 is 1.33 bits per heavy atom. The first-order valence-electron chi connectivity index (χ1n) is 6.39. The molecule has 3 heteroatoms. The molecule has 1 aromatic rings. The molecule has 18 heavy (non-hydrogen) atoms. The summed E-state index contributed by atoms with van der Waals surface area (Å²) in [5.41, 5.74) is -0.0441. The van der Waals surface area contributed by atoms with Crippen LogP contribution in [0.5, 0.6) is 5.75 Å². The van der Waals surface area contributed by atoms with E-state index in [2.05, 4.69) is 6.92 Å². The van der Waals surface area contributed by atoms with Crippen LogP contribution in [0.25, 0.3) is 0 Å². The molecular weight excluding hydrogens is 228 g/mol. The van der Waals surface area contributed by atoms with Gasteiger partial charge in [-0.15, -0.1) is 0 Å². The van der Waals surface area contributed by atoms with E-state index in [1.807, 2.05) is 38.1 Å². The average Bonchev–Trinajstić information content (AvgIpc) is 2.35. The van der Waals surface area contributed by atoms with Crippen molar-refractivity contribution in [2.75, 3.05) is 6.61 Å². The van der Waals surface area contributed by atoms with E-state index in [4.69, 9.17) is 4.74 Å². The summed E-state index contributed by atoms with van der Waals surface area (Å²) in [6.45, 7) is 8.35. The summed E-state index contributed by atoms with van der Waals surface area (Å²) >= 11 is 0. The fourth-order valence-electron chi connectivity index (χ4n) is 1.82. The molecule has 1 atom stereocenters. The molecule has 1 unspecified atom stereocenters. The van der Waals surface area contributed by atoms with E-state index in [0.717, 1.165) is 17.7 Å². The third-order valence-electron chi connectivity index (χ3n) is 3.53. The van der Waals surface area contributed by atoms with Gasteiger partial charge in [0.1, 0.15) is 5.75 Å². The lowest BCUT2D eigenvalue weighted by Gasteiger charge is -2.29. The zero-order chi connectivity index (χ0) is 13.8. The summed E-state index contributed by atoms with van der Waals surface area (Å²) in [6, 6.07) is 7.38. The van der Waals surface area contributed by atoms with Crippen molar-refractivity contribution in [2.45, 2.75) is 39.5 Å². The highest BCUT2D eigenvalue weighted by Gasteiger charge is 2.38. The molecule has 0 amide bonds. The molecular formula is C15H22O3. The van der Waals surface area contributed by atoms with Gasteiger partial charge in [-0.3, -0.25) is 4.79 Å². The molecule has 0 fully saturated rings. The van der Waals surface area contributed by atoms with Gasteiger partial charge in [0.2, 0.25) is 0 Å². The van der Waals surface area contributed by atoms with Gasteiger partial charge in [-0.1, -0.05) is 32.9 Å². The predicted octanol–water partition coefficient (Wildman–Crippen LogP) is 3.47. The number of rotatable bonds is 6. The van der Waals surface area contributed by atoms with Gasteiger partial charge >= 0.3 is 5.97 Å². The van der Waals surface area contributed by atoms with Crippen molar-refractivity contribution in [1.82, 2.24) is 0 Å². The molecule has 0 spiro atoms. The Bertz CT molecular complexity index is 395. The first-order chi connectivity index (χ1) is 8.42. The minimum atomic E-state index is -0.858.